The van der Waals surface area contributed by atoms with Crippen LogP contribution in [0.5, 0.6) is 0 Å². The Bertz CT molecular complexity index is 409. The zero-order chi connectivity index (χ0) is 10.9. The van der Waals surface area contributed by atoms with Crippen LogP contribution in [0.1, 0.15) is 32.6 Å². The van der Waals surface area contributed by atoms with Crippen LogP contribution in [0.2, 0.25) is 5.02 Å². The van der Waals surface area contributed by atoms with Gasteiger partial charge in [-0.25, -0.2) is 5.10 Å². The molecule has 2 N–H and O–H groups in total. The number of H-pyrrole nitrogens is 1. The van der Waals surface area contributed by atoms with Gasteiger partial charge in [-0.2, -0.15) is 5.10 Å². The smallest absolute Gasteiger partial charge is 0.285 e. The highest BCUT2D eigenvalue weighted by Crippen LogP contribution is 2.33. The fourth-order valence-electron chi connectivity index (χ4n) is 2.08. The van der Waals surface area contributed by atoms with Gasteiger partial charge >= 0.3 is 0 Å². The maximum absolute atomic E-state index is 11.2. The monoisotopic (exact) mass is 227 g/mol. The van der Waals surface area contributed by atoms with Gasteiger partial charge in [0.25, 0.3) is 5.56 Å². The first kappa shape index (κ1) is 10.5. The first-order valence-electron chi connectivity index (χ1n) is 5.12. The van der Waals surface area contributed by atoms with Crippen molar-refractivity contribution in [3.63, 3.8) is 0 Å². The number of aromatic amines is 1. The van der Waals surface area contributed by atoms with Crippen molar-refractivity contribution in [2.24, 2.45) is 0 Å². The number of aromatic nitrogens is 2. The number of rotatable bonds is 2. The predicted molar refractivity (Wildman–Crippen MR) is 60.4 cm³/mol. The van der Waals surface area contributed by atoms with Gasteiger partial charge < -0.3 is 5.32 Å². The van der Waals surface area contributed by atoms with Gasteiger partial charge in [0.05, 0.1) is 11.9 Å². The second-order valence-electron chi connectivity index (χ2n) is 4.32. The highest BCUT2D eigenvalue weighted by Gasteiger charge is 2.29. The van der Waals surface area contributed by atoms with Crippen LogP contribution in [-0.4, -0.2) is 15.7 Å². The molecule has 0 bridgehead atoms. The molecule has 1 aromatic rings. The van der Waals surface area contributed by atoms with Crippen molar-refractivity contribution < 1.29 is 0 Å². The van der Waals surface area contributed by atoms with E-state index in [1.807, 2.05) is 0 Å². The van der Waals surface area contributed by atoms with Gasteiger partial charge in [-0.3, -0.25) is 4.79 Å². The number of nitrogens with one attached hydrogen (secondary N) is 2. The Labute approximate surface area is 93.0 Å². The van der Waals surface area contributed by atoms with Crippen LogP contribution in [0.25, 0.3) is 0 Å². The van der Waals surface area contributed by atoms with E-state index in [0.717, 1.165) is 12.8 Å². The summed E-state index contributed by atoms with van der Waals surface area (Å²) in [6.45, 7) is 2.15. The first-order chi connectivity index (χ1) is 7.11. The summed E-state index contributed by atoms with van der Waals surface area (Å²) >= 11 is 5.89. The first-order valence-corrected chi connectivity index (χ1v) is 5.50. The molecule has 82 valence electrons. The Morgan fingerprint density at radius 1 is 1.53 bits per heavy atom. The molecule has 1 aliphatic carbocycles. The zero-order valence-electron chi connectivity index (χ0n) is 8.64. The molecule has 0 radical (unpaired) electrons. The minimum Gasteiger partial charge on any atom is -0.377 e. The molecule has 4 nitrogen and oxygen atoms in total. The fourth-order valence-corrected chi connectivity index (χ4v) is 2.21. The van der Waals surface area contributed by atoms with E-state index in [-0.39, 0.29) is 16.1 Å². The summed E-state index contributed by atoms with van der Waals surface area (Å²) in [5.41, 5.74) is 0.340. The van der Waals surface area contributed by atoms with Crippen LogP contribution in [0.4, 0.5) is 5.69 Å². The zero-order valence-corrected chi connectivity index (χ0v) is 9.40. The molecule has 0 atom stereocenters. The van der Waals surface area contributed by atoms with E-state index in [1.54, 1.807) is 6.20 Å². The summed E-state index contributed by atoms with van der Waals surface area (Å²) in [4.78, 5) is 11.2. The van der Waals surface area contributed by atoms with Gasteiger partial charge in [0.2, 0.25) is 0 Å². The van der Waals surface area contributed by atoms with Crippen LogP contribution in [0, 0.1) is 0 Å². The molecule has 0 aromatic carbocycles. The predicted octanol–water partition coefficient (Wildman–Crippen LogP) is 2.17. The molecule has 0 aliphatic heterocycles. The van der Waals surface area contributed by atoms with Crippen molar-refractivity contribution in [1.29, 1.82) is 0 Å². The third kappa shape index (κ3) is 2.15. The van der Waals surface area contributed by atoms with Gasteiger partial charge in [0.1, 0.15) is 5.02 Å². The van der Waals surface area contributed by atoms with Crippen molar-refractivity contribution >= 4 is 17.3 Å². The van der Waals surface area contributed by atoms with Crippen LogP contribution in [-0.2, 0) is 0 Å². The van der Waals surface area contributed by atoms with Crippen LogP contribution < -0.4 is 10.9 Å². The highest BCUT2D eigenvalue weighted by atomic mass is 35.5. The lowest BCUT2D eigenvalue weighted by molar-refractivity contribution is 0.533. The summed E-state index contributed by atoms with van der Waals surface area (Å²) in [7, 11) is 0. The van der Waals surface area contributed by atoms with Gasteiger partial charge in [0, 0.05) is 5.54 Å². The molecule has 1 aromatic heterocycles. The van der Waals surface area contributed by atoms with Gasteiger partial charge in [-0.1, -0.05) is 24.4 Å². The lowest BCUT2D eigenvalue weighted by atomic mass is 10.0. The van der Waals surface area contributed by atoms with Gasteiger partial charge in [-0.05, 0) is 19.8 Å². The lowest BCUT2D eigenvalue weighted by Gasteiger charge is -2.26. The van der Waals surface area contributed by atoms with Crippen LogP contribution in [0.3, 0.4) is 0 Å². The number of hydrogen-bond acceptors (Lipinski definition) is 3. The van der Waals surface area contributed by atoms with Crippen LogP contribution >= 0.6 is 11.6 Å². The molecule has 0 amide bonds. The van der Waals surface area contributed by atoms with E-state index >= 15 is 0 Å². The van der Waals surface area contributed by atoms with Crippen LogP contribution in [0.15, 0.2) is 11.0 Å². The number of anilines is 1. The molecule has 5 heteroatoms. The number of hydrogen-bond donors (Lipinski definition) is 2. The van der Waals surface area contributed by atoms with E-state index in [2.05, 4.69) is 22.4 Å². The Kier molecular flexibility index (Phi) is 2.69. The summed E-state index contributed by atoms with van der Waals surface area (Å²) in [5.74, 6) is 0. The summed E-state index contributed by atoms with van der Waals surface area (Å²) in [6, 6.07) is 0. The number of halogens is 1. The SMILES string of the molecule is CC1(Nc2cn[nH]c(=O)c2Cl)CCCC1. The van der Waals surface area contributed by atoms with E-state index in [0.29, 0.717) is 5.69 Å². The third-order valence-corrected chi connectivity index (χ3v) is 3.31. The molecule has 15 heavy (non-hydrogen) atoms. The van der Waals surface area contributed by atoms with Gasteiger partial charge in [-0.15, -0.1) is 0 Å². The van der Waals surface area contributed by atoms with Crippen molar-refractivity contribution in [1.82, 2.24) is 10.2 Å². The minimum absolute atomic E-state index is 0.0547. The van der Waals surface area contributed by atoms with E-state index < -0.39 is 0 Å². The topological polar surface area (TPSA) is 57.8 Å². The van der Waals surface area contributed by atoms with Crippen molar-refractivity contribution in [2.75, 3.05) is 5.32 Å². The summed E-state index contributed by atoms with van der Waals surface area (Å²) in [6.07, 6.45) is 6.22. The Hall–Kier alpha value is -1.03. The molecule has 2 rings (SSSR count). The van der Waals surface area contributed by atoms with E-state index in [4.69, 9.17) is 11.6 Å². The maximum Gasteiger partial charge on any atom is 0.285 e. The molecule has 1 saturated carbocycles. The van der Waals surface area contributed by atoms with E-state index in [9.17, 15) is 4.79 Å². The average molecular weight is 228 g/mol. The van der Waals surface area contributed by atoms with E-state index in [1.165, 1.54) is 12.8 Å². The lowest BCUT2D eigenvalue weighted by Crippen LogP contribution is -2.31. The largest absolute Gasteiger partial charge is 0.377 e. The molecule has 0 saturated heterocycles. The summed E-state index contributed by atoms with van der Waals surface area (Å²) in [5, 5.41) is 9.54. The molecule has 1 aliphatic rings. The highest BCUT2D eigenvalue weighted by molar-refractivity contribution is 6.32. The second kappa shape index (κ2) is 3.85. The van der Waals surface area contributed by atoms with Crippen molar-refractivity contribution in [2.45, 2.75) is 38.1 Å². The number of nitrogens with zero attached hydrogens (tertiary/aromatic N) is 1. The minimum atomic E-state index is -0.344. The summed E-state index contributed by atoms with van der Waals surface area (Å²) < 4.78 is 0. The third-order valence-electron chi connectivity index (χ3n) is 2.94. The fraction of sp³-hybridized carbons (Fsp3) is 0.600. The average Bonchev–Trinajstić information content (AvgIpc) is 2.60. The molecular weight excluding hydrogens is 214 g/mol. The Balaban J connectivity index is 2.24. The molecular formula is C10H14ClN3O. The van der Waals surface area contributed by atoms with Gasteiger partial charge in [0.15, 0.2) is 0 Å². The van der Waals surface area contributed by atoms with Crippen molar-refractivity contribution in [3.05, 3.63) is 21.6 Å². The second-order valence-corrected chi connectivity index (χ2v) is 4.70. The Morgan fingerprint density at radius 2 is 2.20 bits per heavy atom. The molecule has 1 heterocycles. The molecule has 0 spiro atoms. The Morgan fingerprint density at radius 3 is 2.87 bits per heavy atom. The normalized spacial score (nSPS) is 19.1. The molecule has 1 fully saturated rings. The molecule has 0 unspecified atom stereocenters. The quantitative estimate of drug-likeness (QED) is 0.814. The van der Waals surface area contributed by atoms with Crippen molar-refractivity contribution in [3.8, 4) is 0 Å². The maximum atomic E-state index is 11.2. The standard InChI is InChI=1S/C10H14ClN3O/c1-10(4-2-3-5-10)13-7-6-12-14-9(15)8(7)11/h6H,2-5H2,1H3,(H2,13,14,15).